The van der Waals surface area contributed by atoms with Crippen LogP contribution in [0.25, 0.3) is 0 Å². The van der Waals surface area contributed by atoms with Gasteiger partial charge in [-0.1, -0.05) is 35.9 Å². The lowest BCUT2D eigenvalue weighted by Gasteiger charge is -2.11. The Hall–Kier alpha value is -2.33. The lowest BCUT2D eigenvalue weighted by Crippen LogP contribution is -2.42. The van der Waals surface area contributed by atoms with Gasteiger partial charge in [-0.05, 0) is 43.2 Å². The number of nitrogens with one attached hydrogen (secondary N) is 2. The normalized spacial score (nSPS) is 10.0. The van der Waals surface area contributed by atoms with E-state index in [1.807, 2.05) is 19.9 Å². The lowest BCUT2D eigenvalue weighted by atomic mass is 10.0. The van der Waals surface area contributed by atoms with Gasteiger partial charge in [0.05, 0.1) is 10.6 Å². The van der Waals surface area contributed by atoms with Crippen LogP contribution in [0.4, 0.5) is 0 Å². The fourth-order valence-corrected chi connectivity index (χ4v) is 2.11. The molecule has 0 aliphatic rings. The molecule has 0 spiro atoms. The minimum atomic E-state index is -0.459. The lowest BCUT2D eigenvalue weighted by molar-refractivity contribution is 0.0846. The summed E-state index contributed by atoms with van der Waals surface area (Å²) in [6.45, 7) is 3.79. The molecule has 0 saturated carbocycles. The van der Waals surface area contributed by atoms with Crippen molar-refractivity contribution in [2.24, 2.45) is 0 Å². The van der Waals surface area contributed by atoms with Crippen LogP contribution in [-0.4, -0.2) is 11.8 Å². The third-order valence-corrected chi connectivity index (χ3v) is 3.59. The van der Waals surface area contributed by atoms with Crippen LogP contribution in [0.15, 0.2) is 42.5 Å². The number of amides is 2. The zero-order valence-corrected chi connectivity index (χ0v) is 12.5. The second-order valence-electron chi connectivity index (χ2n) is 4.64. The van der Waals surface area contributed by atoms with Crippen molar-refractivity contribution in [2.75, 3.05) is 0 Å². The second-order valence-corrected chi connectivity index (χ2v) is 5.04. The molecule has 4 nitrogen and oxygen atoms in total. The quantitative estimate of drug-likeness (QED) is 0.838. The Morgan fingerprint density at radius 3 is 2.10 bits per heavy atom. The molecule has 0 aliphatic heterocycles. The highest BCUT2D eigenvalue weighted by atomic mass is 35.5. The highest BCUT2D eigenvalue weighted by molar-refractivity contribution is 6.33. The Kier molecular flexibility index (Phi) is 4.60. The molecule has 0 fully saturated rings. The maximum Gasteiger partial charge on any atom is 0.271 e. The second kappa shape index (κ2) is 6.41. The van der Waals surface area contributed by atoms with Gasteiger partial charge in [-0.3, -0.25) is 20.4 Å². The first-order chi connectivity index (χ1) is 10.0. The summed E-state index contributed by atoms with van der Waals surface area (Å²) < 4.78 is 0. The van der Waals surface area contributed by atoms with E-state index in [1.165, 1.54) is 0 Å². The van der Waals surface area contributed by atoms with Gasteiger partial charge in [0.15, 0.2) is 0 Å². The fraction of sp³-hybridized carbons (Fsp3) is 0.125. The molecule has 0 bridgehead atoms. The van der Waals surface area contributed by atoms with Crippen LogP contribution in [0.3, 0.4) is 0 Å². The predicted molar refractivity (Wildman–Crippen MR) is 82.3 cm³/mol. The number of benzene rings is 2. The molecule has 0 saturated heterocycles. The predicted octanol–water partition coefficient (Wildman–Crippen LogP) is 3.03. The molecule has 0 unspecified atom stereocenters. The summed E-state index contributed by atoms with van der Waals surface area (Å²) in [6, 6.07) is 12.1. The van der Waals surface area contributed by atoms with Crippen LogP contribution in [0.2, 0.25) is 5.02 Å². The smallest absolute Gasteiger partial charge is 0.267 e. The number of carbonyl (C=O) groups is 2. The summed E-state index contributed by atoms with van der Waals surface area (Å²) in [5.74, 6) is -0.823. The van der Waals surface area contributed by atoms with Gasteiger partial charge >= 0.3 is 0 Å². The molecule has 2 aromatic carbocycles. The van der Waals surface area contributed by atoms with E-state index in [4.69, 9.17) is 11.6 Å². The highest BCUT2D eigenvalue weighted by Gasteiger charge is 2.13. The number of aryl methyl sites for hydroxylation is 1. The number of hydrazine groups is 1. The summed E-state index contributed by atoms with van der Waals surface area (Å²) in [5, 5.41) is 0.330. The molecule has 0 atom stereocenters. The molecule has 0 radical (unpaired) electrons. The number of hydrogen-bond donors (Lipinski definition) is 2. The first-order valence-electron chi connectivity index (χ1n) is 6.42. The van der Waals surface area contributed by atoms with Gasteiger partial charge < -0.3 is 0 Å². The average Bonchev–Trinajstić information content (AvgIpc) is 2.47. The Morgan fingerprint density at radius 1 is 0.857 bits per heavy atom. The van der Waals surface area contributed by atoms with Crippen molar-refractivity contribution < 1.29 is 9.59 Å². The maximum atomic E-state index is 12.1. The summed E-state index contributed by atoms with van der Waals surface area (Å²) in [6.07, 6.45) is 0. The van der Waals surface area contributed by atoms with Gasteiger partial charge in [-0.15, -0.1) is 0 Å². The Labute approximate surface area is 128 Å². The van der Waals surface area contributed by atoms with Crippen molar-refractivity contribution >= 4 is 23.4 Å². The average molecular weight is 303 g/mol. The monoisotopic (exact) mass is 302 g/mol. The van der Waals surface area contributed by atoms with E-state index >= 15 is 0 Å². The van der Waals surface area contributed by atoms with Gasteiger partial charge in [-0.25, -0.2) is 0 Å². The molecule has 5 heteroatoms. The van der Waals surface area contributed by atoms with Crippen molar-refractivity contribution in [2.45, 2.75) is 13.8 Å². The first kappa shape index (κ1) is 15.1. The minimum Gasteiger partial charge on any atom is -0.267 e. The Morgan fingerprint density at radius 2 is 1.43 bits per heavy atom. The van der Waals surface area contributed by atoms with Crippen LogP contribution in [-0.2, 0) is 0 Å². The molecule has 2 N–H and O–H groups in total. The Balaban J connectivity index is 2.06. The van der Waals surface area contributed by atoms with E-state index in [1.54, 1.807) is 36.4 Å². The topological polar surface area (TPSA) is 58.2 Å². The highest BCUT2D eigenvalue weighted by Crippen LogP contribution is 2.14. The van der Waals surface area contributed by atoms with Crippen LogP contribution in [0.5, 0.6) is 0 Å². The van der Waals surface area contributed by atoms with Gasteiger partial charge in [0.25, 0.3) is 11.8 Å². The summed E-state index contributed by atoms with van der Waals surface area (Å²) >= 11 is 5.92. The van der Waals surface area contributed by atoms with Crippen LogP contribution in [0, 0.1) is 13.8 Å². The molecule has 108 valence electrons. The molecule has 0 heterocycles. The molecule has 21 heavy (non-hydrogen) atoms. The minimum absolute atomic E-state index is 0.306. The summed E-state index contributed by atoms with van der Waals surface area (Å²) in [5.41, 5.74) is 7.48. The molecule has 0 aliphatic carbocycles. The summed E-state index contributed by atoms with van der Waals surface area (Å²) in [4.78, 5) is 24.0. The van der Waals surface area contributed by atoms with Gasteiger partial charge in [-0.2, -0.15) is 0 Å². The van der Waals surface area contributed by atoms with Crippen LogP contribution in [0.1, 0.15) is 31.8 Å². The van der Waals surface area contributed by atoms with Crippen molar-refractivity contribution in [1.82, 2.24) is 10.9 Å². The summed E-state index contributed by atoms with van der Waals surface area (Å²) in [7, 11) is 0. The SMILES string of the molecule is Cc1cccc(C(=O)NNC(=O)c2ccccc2Cl)c1C. The Bertz CT molecular complexity index is 698. The largest absolute Gasteiger partial charge is 0.271 e. The number of carbonyl (C=O) groups excluding carboxylic acids is 2. The van der Waals surface area contributed by atoms with E-state index in [0.29, 0.717) is 16.1 Å². The molecule has 2 rings (SSSR count). The van der Waals surface area contributed by atoms with E-state index in [2.05, 4.69) is 10.9 Å². The van der Waals surface area contributed by atoms with Gasteiger partial charge in [0.2, 0.25) is 0 Å². The van der Waals surface area contributed by atoms with Gasteiger partial charge in [0.1, 0.15) is 0 Å². The fourth-order valence-electron chi connectivity index (χ4n) is 1.89. The molecule has 2 amide bonds. The van der Waals surface area contributed by atoms with Crippen molar-refractivity contribution in [1.29, 1.82) is 0 Å². The first-order valence-corrected chi connectivity index (χ1v) is 6.80. The zero-order chi connectivity index (χ0) is 15.4. The maximum absolute atomic E-state index is 12.1. The van der Waals surface area contributed by atoms with E-state index in [-0.39, 0.29) is 5.91 Å². The number of hydrogen-bond acceptors (Lipinski definition) is 2. The van der Waals surface area contributed by atoms with Crippen LogP contribution >= 0.6 is 11.6 Å². The third kappa shape index (κ3) is 3.41. The number of rotatable bonds is 2. The van der Waals surface area contributed by atoms with E-state index in [0.717, 1.165) is 11.1 Å². The van der Waals surface area contributed by atoms with Crippen LogP contribution < -0.4 is 10.9 Å². The van der Waals surface area contributed by atoms with Crippen molar-refractivity contribution in [3.63, 3.8) is 0 Å². The third-order valence-electron chi connectivity index (χ3n) is 3.26. The van der Waals surface area contributed by atoms with E-state index in [9.17, 15) is 9.59 Å². The molecular weight excluding hydrogens is 288 g/mol. The van der Waals surface area contributed by atoms with Gasteiger partial charge in [0, 0.05) is 5.56 Å². The zero-order valence-electron chi connectivity index (χ0n) is 11.7. The number of halogens is 1. The van der Waals surface area contributed by atoms with E-state index < -0.39 is 5.91 Å². The standard InChI is InChI=1S/C16H15ClN2O2/c1-10-6-5-8-12(11(10)2)15(20)18-19-16(21)13-7-3-4-9-14(13)17/h3-9H,1-2H3,(H,18,20)(H,19,21). The molecular formula is C16H15ClN2O2. The molecule has 0 aromatic heterocycles. The molecule has 2 aromatic rings. The van der Waals surface area contributed by atoms with Crippen molar-refractivity contribution in [3.8, 4) is 0 Å². The van der Waals surface area contributed by atoms with Crippen molar-refractivity contribution in [3.05, 3.63) is 69.7 Å².